The number of hydrogen-bond acceptors (Lipinski definition) is 3. The molecule has 0 unspecified atom stereocenters. The Hall–Kier alpha value is -3.76. The molecular weight excluding hydrogens is 434 g/mol. The lowest BCUT2D eigenvalue weighted by atomic mass is 10.1. The summed E-state index contributed by atoms with van der Waals surface area (Å²) < 4.78 is 11.4. The van der Waals surface area contributed by atoms with Gasteiger partial charge >= 0.3 is 0 Å². The number of methoxy groups -OCH3 is 1. The molecule has 0 aromatic heterocycles. The molecule has 0 aliphatic rings. The Balaban J connectivity index is 1.46. The highest BCUT2D eigenvalue weighted by atomic mass is 35.5. The Labute approximate surface area is 198 Å². The Bertz CT molecular complexity index is 1250. The van der Waals surface area contributed by atoms with Gasteiger partial charge in [0.05, 0.1) is 7.11 Å². The molecule has 0 aliphatic heterocycles. The number of amides is 1. The molecule has 0 aliphatic carbocycles. The molecule has 1 amide bonds. The smallest absolute Gasteiger partial charge is 0.255 e. The number of carbonyl (C=O) groups excluding carboxylic acids is 1. The largest absolute Gasteiger partial charge is 0.496 e. The molecule has 4 aromatic carbocycles. The molecule has 0 fully saturated rings. The van der Waals surface area contributed by atoms with Crippen LogP contribution in [0.15, 0.2) is 91.0 Å². The molecule has 4 aromatic rings. The number of carbonyl (C=O) groups is 1. The van der Waals surface area contributed by atoms with Crippen molar-refractivity contribution in [1.82, 2.24) is 0 Å². The fourth-order valence-electron chi connectivity index (χ4n) is 3.44. The van der Waals surface area contributed by atoms with Gasteiger partial charge in [-0.05, 0) is 66.1 Å². The average molecular weight is 458 g/mol. The van der Waals surface area contributed by atoms with E-state index < -0.39 is 0 Å². The highest BCUT2D eigenvalue weighted by molar-refractivity contribution is 6.31. The van der Waals surface area contributed by atoms with Crippen molar-refractivity contribution in [2.75, 3.05) is 12.4 Å². The number of rotatable bonds is 7. The van der Waals surface area contributed by atoms with E-state index in [4.69, 9.17) is 21.1 Å². The van der Waals surface area contributed by atoms with E-state index in [1.165, 1.54) is 0 Å². The summed E-state index contributed by atoms with van der Waals surface area (Å²) in [4.78, 5) is 12.8. The van der Waals surface area contributed by atoms with E-state index >= 15 is 0 Å². The van der Waals surface area contributed by atoms with Gasteiger partial charge in [-0.3, -0.25) is 4.79 Å². The predicted octanol–water partition coefficient (Wildman–Crippen LogP) is 7.16. The lowest BCUT2D eigenvalue weighted by Crippen LogP contribution is -2.13. The second-order valence-electron chi connectivity index (χ2n) is 7.62. The van der Waals surface area contributed by atoms with Crippen molar-refractivity contribution < 1.29 is 14.3 Å². The molecule has 0 radical (unpaired) electrons. The summed E-state index contributed by atoms with van der Waals surface area (Å²) in [6.45, 7) is 2.18. The summed E-state index contributed by atoms with van der Waals surface area (Å²) in [6, 6.07) is 28.8. The summed E-state index contributed by atoms with van der Waals surface area (Å²) in [5, 5.41) is 3.49. The molecule has 1 N–H and O–H groups in total. The Morgan fingerprint density at radius 2 is 1.61 bits per heavy atom. The summed E-state index contributed by atoms with van der Waals surface area (Å²) in [7, 11) is 1.60. The number of anilines is 1. The van der Waals surface area contributed by atoms with Gasteiger partial charge in [0.25, 0.3) is 5.91 Å². The summed E-state index contributed by atoms with van der Waals surface area (Å²) >= 11 is 6.17. The van der Waals surface area contributed by atoms with E-state index in [0.717, 1.165) is 28.0 Å². The van der Waals surface area contributed by atoms with E-state index in [-0.39, 0.29) is 12.5 Å². The van der Waals surface area contributed by atoms with Gasteiger partial charge < -0.3 is 14.8 Å². The van der Waals surface area contributed by atoms with E-state index in [1.54, 1.807) is 31.4 Å². The maximum Gasteiger partial charge on any atom is 0.255 e. The molecule has 33 heavy (non-hydrogen) atoms. The van der Waals surface area contributed by atoms with Gasteiger partial charge in [-0.15, -0.1) is 0 Å². The van der Waals surface area contributed by atoms with Crippen LogP contribution in [0.3, 0.4) is 0 Å². The monoisotopic (exact) mass is 457 g/mol. The molecule has 0 saturated heterocycles. The third kappa shape index (κ3) is 5.54. The van der Waals surface area contributed by atoms with Crippen LogP contribution in [0.5, 0.6) is 11.5 Å². The fourth-order valence-corrected chi connectivity index (χ4v) is 3.62. The maximum atomic E-state index is 12.8. The quantitative estimate of drug-likeness (QED) is 0.320. The maximum absolute atomic E-state index is 12.8. The minimum Gasteiger partial charge on any atom is -0.496 e. The van der Waals surface area contributed by atoms with Crippen LogP contribution in [0.25, 0.3) is 11.1 Å². The summed E-state index contributed by atoms with van der Waals surface area (Å²) in [5.41, 5.74) is 5.15. The molecule has 0 heterocycles. The number of aryl methyl sites for hydroxylation is 1. The van der Waals surface area contributed by atoms with Crippen LogP contribution < -0.4 is 14.8 Å². The lowest BCUT2D eigenvalue weighted by Gasteiger charge is -2.13. The summed E-state index contributed by atoms with van der Waals surface area (Å²) in [6.07, 6.45) is 0. The Morgan fingerprint density at radius 3 is 2.30 bits per heavy atom. The first kappa shape index (κ1) is 22.4. The van der Waals surface area contributed by atoms with Gasteiger partial charge in [0.1, 0.15) is 18.1 Å². The standard InChI is InChI=1S/C28H24ClNO3/c1-19-8-12-24(17-26(19)29)30-28(31)22-11-15-27(32-2)23(16-22)18-33-25-13-9-21(10-14-25)20-6-4-3-5-7-20/h3-17H,18H2,1-2H3,(H,30,31). The molecule has 0 bridgehead atoms. The van der Waals surface area contributed by atoms with Gasteiger partial charge in [0, 0.05) is 21.8 Å². The van der Waals surface area contributed by atoms with Gasteiger partial charge in [-0.1, -0.05) is 60.1 Å². The number of benzene rings is 4. The molecular formula is C28H24ClNO3. The first-order valence-electron chi connectivity index (χ1n) is 10.6. The zero-order valence-electron chi connectivity index (χ0n) is 18.5. The molecule has 166 valence electrons. The number of ether oxygens (including phenoxy) is 2. The van der Waals surface area contributed by atoms with Crippen LogP contribution >= 0.6 is 11.6 Å². The van der Waals surface area contributed by atoms with Gasteiger partial charge in [-0.25, -0.2) is 0 Å². The van der Waals surface area contributed by atoms with Crippen LogP contribution in [-0.4, -0.2) is 13.0 Å². The zero-order chi connectivity index (χ0) is 23.2. The van der Waals surface area contributed by atoms with Crippen LogP contribution in [0.1, 0.15) is 21.5 Å². The first-order valence-corrected chi connectivity index (χ1v) is 10.9. The normalized spacial score (nSPS) is 10.5. The number of halogens is 1. The first-order chi connectivity index (χ1) is 16.0. The lowest BCUT2D eigenvalue weighted by molar-refractivity contribution is 0.102. The average Bonchev–Trinajstić information content (AvgIpc) is 2.85. The van der Waals surface area contributed by atoms with Crippen molar-refractivity contribution in [2.45, 2.75) is 13.5 Å². The highest BCUT2D eigenvalue weighted by Gasteiger charge is 2.12. The van der Waals surface area contributed by atoms with Crippen molar-refractivity contribution in [3.63, 3.8) is 0 Å². The minimum atomic E-state index is -0.231. The van der Waals surface area contributed by atoms with Crippen LogP contribution in [0, 0.1) is 6.92 Å². The predicted molar refractivity (Wildman–Crippen MR) is 133 cm³/mol. The summed E-state index contributed by atoms with van der Waals surface area (Å²) in [5.74, 6) is 1.16. The van der Waals surface area contributed by atoms with Crippen molar-refractivity contribution in [3.05, 3.63) is 113 Å². The van der Waals surface area contributed by atoms with Crippen molar-refractivity contribution in [3.8, 4) is 22.6 Å². The van der Waals surface area contributed by atoms with E-state index in [2.05, 4.69) is 17.4 Å². The van der Waals surface area contributed by atoms with E-state index in [1.807, 2.05) is 61.5 Å². The molecule has 4 nitrogen and oxygen atoms in total. The topological polar surface area (TPSA) is 47.6 Å². The van der Waals surface area contributed by atoms with Crippen molar-refractivity contribution >= 4 is 23.2 Å². The fraction of sp³-hybridized carbons (Fsp3) is 0.107. The molecule has 0 saturated carbocycles. The number of nitrogens with one attached hydrogen (secondary N) is 1. The molecule has 0 atom stereocenters. The second kappa shape index (κ2) is 10.2. The molecule has 0 spiro atoms. The van der Waals surface area contributed by atoms with Gasteiger partial charge in [0.2, 0.25) is 0 Å². The molecule has 4 rings (SSSR count). The molecule has 5 heteroatoms. The van der Waals surface area contributed by atoms with Crippen LogP contribution in [0.4, 0.5) is 5.69 Å². The minimum absolute atomic E-state index is 0.231. The van der Waals surface area contributed by atoms with Crippen LogP contribution in [0.2, 0.25) is 5.02 Å². The number of hydrogen-bond donors (Lipinski definition) is 1. The third-order valence-corrected chi connectivity index (χ3v) is 5.74. The highest BCUT2D eigenvalue weighted by Crippen LogP contribution is 2.26. The van der Waals surface area contributed by atoms with Crippen molar-refractivity contribution in [2.24, 2.45) is 0 Å². The third-order valence-electron chi connectivity index (χ3n) is 5.33. The second-order valence-corrected chi connectivity index (χ2v) is 8.03. The van der Waals surface area contributed by atoms with Gasteiger partial charge in [-0.2, -0.15) is 0 Å². The SMILES string of the molecule is COc1ccc(C(=O)Nc2ccc(C)c(Cl)c2)cc1COc1ccc(-c2ccccc2)cc1. The van der Waals surface area contributed by atoms with Gasteiger partial charge in [0.15, 0.2) is 0 Å². The zero-order valence-corrected chi connectivity index (χ0v) is 19.2. The Kier molecular flexibility index (Phi) is 6.96. The van der Waals surface area contributed by atoms with E-state index in [9.17, 15) is 4.79 Å². The Morgan fingerprint density at radius 1 is 0.879 bits per heavy atom. The van der Waals surface area contributed by atoms with E-state index in [0.29, 0.717) is 22.0 Å². The van der Waals surface area contributed by atoms with Crippen molar-refractivity contribution in [1.29, 1.82) is 0 Å². The van der Waals surface area contributed by atoms with Crippen LogP contribution in [-0.2, 0) is 6.61 Å².